The van der Waals surface area contributed by atoms with Gasteiger partial charge in [0.25, 0.3) is 0 Å². The largest absolute Gasteiger partial charge is 0.373 e. The third-order valence-corrected chi connectivity index (χ3v) is 4.93. The van der Waals surface area contributed by atoms with E-state index in [0.717, 1.165) is 30.7 Å². The molecule has 2 atom stereocenters. The summed E-state index contributed by atoms with van der Waals surface area (Å²) in [5, 5.41) is 6.97. The molecule has 134 valence electrons. The summed E-state index contributed by atoms with van der Waals surface area (Å²) in [5.41, 5.74) is 4.10. The third kappa shape index (κ3) is 4.28. The van der Waals surface area contributed by atoms with Gasteiger partial charge in [-0.3, -0.25) is 4.79 Å². The van der Waals surface area contributed by atoms with Crippen molar-refractivity contribution in [2.24, 2.45) is 5.92 Å². The first kappa shape index (κ1) is 17.7. The highest BCUT2D eigenvalue weighted by Crippen LogP contribution is 2.33. The minimum absolute atomic E-state index is 0.00243. The number of carbonyl (C=O) groups excluding carboxylic acids is 1. The van der Waals surface area contributed by atoms with Crippen LogP contribution in [0.2, 0.25) is 0 Å². The summed E-state index contributed by atoms with van der Waals surface area (Å²) < 4.78 is 11.1. The summed E-state index contributed by atoms with van der Waals surface area (Å²) >= 11 is 0. The maximum atomic E-state index is 12.3. The highest BCUT2D eigenvalue weighted by atomic mass is 16.5. The SMILES string of the molecule is Cc1ccc([C@@H]2OCCC[C@H]2CNC(=O)Cc2c(C)noc2C)cc1. The van der Waals surface area contributed by atoms with E-state index in [0.29, 0.717) is 24.6 Å². The van der Waals surface area contributed by atoms with Crippen molar-refractivity contribution in [2.45, 2.75) is 46.1 Å². The lowest BCUT2D eigenvalue weighted by Gasteiger charge is -2.32. The smallest absolute Gasteiger partial charge is 0.224 e. The summed E-state index contributed by atoms with van der Waals surface area (Å²) in [6.45, 7) is 7.19. The van der Waals surface area contributed by atoms with Gasteiger partial charge in [-0.2, -0.15) is 0 Å². The first-order valence-electron chi connectivity index (χ1n) is 8.91. The standard InChI is InChI=1S/C20H26N2O3/c1-13-6-8-16(9-7-13)20-17(5-4-10-24-20)12-21-19(23)11-18-14(2)22-25-15(18)3/h6-9,17,20H,4-5,10-12H2,1-3H3,(H,21,23)/t17-,20-/m0/s1. The normalized spacial score (nSPS) is 20.4. The number of nitrogens with zero attached hydrogens (tertiary/aromatic N) is 1. The number of rotatable bonds is 5. The van der Waals surface area contributed by atoms with Gasteiger partial charge in [0, 0.05) is 24.6 Å². The van der Waals surface area contributed by atoms with Crippen LogP contribution in [0.3, 0.4) is 0 Å². The molecule has 25 heavy (non-hydrogen) atoms. The van der Waals surface area contributed by atoms with Crippen LogP contribution in [0.25, 0.3) is 0 Å². The van der Waals surface area contributed by atoms with Gasteiger partial charge in [-0.25, -0.2) is 0 Å². The molecule has 3 rings (SSSR count). The molecular formula is C20H26N2O3. The second kappa shape index (κ2) is 7.83. The topological polar surface area (TPSA) is 64.4 Å². The molecule has 0 radical (unpaired) electrons. The van der Waals surface area contributed by atoms with Gasteiger partial charge in [0.15, 0.2) is 0 Å². The number of amides is 1. The van der Waals surface area contributed by atoms with Crippen molar-refractivity contribution < 1.29 is 14.1 Å². The van der Waals surface area contributed by atoms with Crippen LogP contribution >= 0.6 is 0 Å². The molecule has 1 N–H and O–H groups in total. The van der Waals surface area contributed by atoms with Crippen LogP contribution in [0.1, 0.15) is 47.1 Å². The van der Waals surface area contributed by atoms with E-state index in [1.807, 2.05) is 13.8 Å². The van der Waals surface area contributed by atoms with Crippen molar-refractivity contribution in [1.82, 2.24) is 10.5 Å². The fraction of sp³-hybridized carbons (Fsp3) is 0.500. The predicted octanol–water partition coefficient (Wildman–Crippen LogP) is 3.43. The van der Waals surface area contributed by atoms with Crippen molar-refractivity contribution in [1.29, 1.82) is 0 Å². The Kier molecular flexibility index (Phi) is 5.53. The molecule has 0 unspecified atom stereocenters. The molecule has 2 aromatic rings. The molecule has 1 aromatic heterocycles. The van der Waals surface area contributed by atoms with Gasteiger partial charge in [0.05, 0.1) is 18.2 Å². The summed E-state index contributed by atoms with van der Waals surface area (Å²) in [5.74, 6) is 1.01. The Bertz CT molecular complexity index is 702. The number of aryl methyl sites for hydroxylation is 3. The van der Waals surface area contributed by atoms with E-state index >= 15 is 0 Å². The van der Waals surface area contributed by atoms with E-state index in [1.54, 1.807) is 0 Å². The molecule has 5 heteroatoms. The second-order valence-corrected chi connectivity index (χ2v) is 6.89. The monoisotopic (exact) mass is 342 g/mol. The van der Waals surface area contributed by atoms with Gasteiger partial charge < -0.3 is 14.6 Å². The minimum atomic E-state index is 0.00243. The van der Waals surface area contributed by atoms with Gasteiger partial charge in [0.2, 0.25) is 5.91 Å². The zero-order valence-electron chi connectivity index (χ0n) is 15.2. The van der Waals surface area contributed by atoms with E-state index in [2.05, 4.69) is 41.7 Å². The Morgan fingerprint density at radius 1 is 1.24 bits per heavy atom. The molecule has 0 saturated carbocycles. The molecule has 5 nitrogen and oxygen atoms in total. The summed E-state index contributed by atoms with van der Waals surface area (Å²) in [4.78, 5) is 12.3. The molecular weight excluding hydrogens is 316 g/mol. The number of aromatic nitrogens is 1. The number of hydrogen-bond acceptors (Lipinski definition) is 4. The molecule has 1 amide bonds. The Labute approximate surface area is 148 Å². The van der Waals surface area contributed by atoms with Crippen LogP contribution in [0.15, 0.2) is 28.8 Å². The zero-order valence-corrected chi connectivity index (χ0v) is 15.2. The summed E-state index contributed by atoms with van der Waals surface area (Å²) in [6, 6.07) is 8.48. The van der Waals surface area contributed by atoms with Crippen molar-refractivity contribution >= 4 is 5.91 Å². The van der Waals surface area contributed by atoms with Gasteiger partial charge in [-0.15, -0.1) is 0 Å². The maximum absolute atomic E-state index is 12.3. The zero-order chi connectivity index (χ0) is 17.8. The summed E-state index contributed by atoms with van der Waals surface area (Å²) in [7, 11) is 0. The van der Waals surface area contributed by atoms with Gasteiger partial charge in [-0.05, 0) is 39.2 Å². The number of hydrogen-bond donors (Lipinski definition) is 1. The Hall–Kier alpha value is -2.14. The number of benzene rings is 1. The van der Waals surface area contributed by atoms with Gasteiger partial charge in [-0.1, -0.05) is 35.0 Å². The molecule has 1 aliphatic rings. The van der Waals surface area contributed by atoms with Crippen LogP contribution in [0.4, 0.5) is 0 Å². The predicted molar refractivity (Wildman–Crippen MR) is 95.3 cm³/mol. The fourth-order valence-electron chi connectivity index (χ4n) is 3.40. The lowest BCUT2D eigenvalue weighted by molar-refractivity contribution is -0.121. The average molecular weight is 342 g/mol. The Balaban J connectivity index is 1.60. The van der Waals surface area contributed by atoms with E-state index in [9.17, 15) is 4.79 Å². The van der Waals surface area contributed by atoms with E-state index in [4.69, 9.17) is 9.26 Å². The minimum Gasteiger partial charge on any atom is -0.373 e. The third-order valence-electron chi connectivity index (χ3n) is 4.93. The van der Waals surface area contributed by atoms with Crippen LogP contribution in [0, 0.1) is 26.7 Å². The lowest BCUT2D eigenvalue weighted by atomic mass is 9.89. The molecule has 0 bridgehead atoms. The molecule has 1 aromatic carbocycles. The van der Waals surface area contributed by atoms with Gasteiger partial charge in [0.1, 0.15) is 5.76 Å². The Morgan fingerprint density at radius 2 is 2.00 bits per heavy atom. The summed E-state index contributed by atoms with van der Waals surface area (Å²) in [6.07, 6.45) is 2.45. The van der Waals surface area contributed by atoms with Crippen molar-refractivity contribution in [3.63, 3.8) is 0 Å². The molecule has 1 saturated heterocycles. The quantitative estimate of drug-likeness (QED) is 0.904. The average Bonchev–Trinajstić information content (AvgIpc) is 2.93. The van der Waals surface area contributed by atoms with Crippen LogP contribution in [0.5, 0.6) is 0 Å². The van der Waals surface area contributed by atoms with Crippen molar-refractivity contribution in [2.75, 3.05) is 13.2 Å². The second-order valence-electron chi connectivity index (χ2n) is 6.89. The molecule has 2 heterocycles. The molecule has 1 fully saturated rings. The molecule has 0 aliphatic carbocycles. The highest BCUT2D eigenvalue weighted by molar-refractivity contribution is 5.79. The maximum Gasteiger partial charge on any atom is 0.224 e. The Morgan fingerprint density at radius 3 is 2.68 bits per heavy atom. The van der Waals surface area contributed by atoms with Crippen molar-refractivity contribution in [3.8, 4) is 0 Å². The van der Waals surface area contributed by atoms with Crippen LogP contribution in [-0.4, -0.2) is 24.2 Å². The highest BCUT2D eigenvalue weighted by Gasteiger charge is 2.28. The van der Waals surface area contributed by atoms with Crippen LogP contribution in [-0.2, 0) is 16.0 Å². The van der Waals surface area contributed by atoms with Crippen molar-refractivity contribution in [3.05, 3.63) is 52.4 Å². The van der Waals surface area contributed by atoms with E-state index in [1.165, 1.54) is 11.1 Å². The fourth-order valence-corrected chi connectivity index (χ4v) is 3.40. The number of nitrogens with one attached hydrogen (secondary N) is 1. The number of ether oxygens (including phenoxy) is 1. The first-order valence-corrected chi connectivity index (χ1v) is 8.91. The van der Waals surface area contributed by atoms with Gasteiger partial charge >= 0.3 is 0 Å². The number of carbonyl (C=O) groups is 1. The van der Waals surface area contributed by atoms with E-state index < -0.39 is 0 Å². The molecule has 1 aliphatic heterocycles. The van der Waals surface area contributed by atoms with Crippen LogP contribution < -0.4 is 5.32 Å². The molecule has 0 spiro atoms. The first-order chi connectivity index (χ1) is 12.0. The lowest BCUT2D eigenvalue weighted by Crippen LogP contribution is -2.35. The van der Waals surface area contributed by atoms with E-state index in [-0.39, 0.29) is 12.0 Å².